The zero-order valence-electron chi connectivity index (χ0n) is 12.3. The summed E-state index contributed by atoms with van der Waals surface area (Å²) in [5, 5.41) is 3.39. The molecule has 0 bridgehead atoms. The van der Waals surface area contributed by atoms with E-state index in [1.807, 2.05) is 18.2 Å². The molecule has 0 amide bonds. The molecule has 3 N–H and O–H groups in total. The normalized spacial score (nSPS) is 10.8. The van der Waals surface area contributed by atoms with Crippen LogP contribution >= 0.6 is 15.9 Å². The highest BCUT2D eigenvalue weighted by Gasteiger charge is 2.01. The highest BCUT2D eigenvalue weighted by Crippen LogP contribution is 2.22. The van der Waals surface area contributed by atoms with Crippen molar-refractivity contribution in [2.24, 2.45) is 0 Å². The van der Waals surface area contributed by atoms with Crippen molar-refractivity contribution in [3.05, 3.63) is 58.6 Å². The minimum atomic E-state index is 0.780. The number of hydrogen-bond acceptors (Lipinski definition) is 3. The van der Waals surface area contributed by atoms with Gasteiger partial charge in [-0.1, -0.05) is 46.3 Å². The van der Waals surface area contributed by atoms with Crippen LogP contribution in [0.4, 0.5) is 11.4 Å². The summed E-state index contributed by atoms with van der Waals surface area (Å²) in [4.78, 5) is 2.34. The second kappa shape index (κ2) is 8.05. The van der Waals surface area contributed by atoms with Crippen LogP contribution in [0.5, 0.6) is 0 Å². The average Bonchev–Trinajstić information content (AvgIpc) is 2.46. The SMILES string of the molecule is CN(CCCNc1ccc(Br)cc1N)Cc1ccccc1. The van der Waals surface area contributed by atoms with Crippen LogP contribution in [0.15, 0.2) is 53.0 Å². The molecule has 4 heteroatoms. The van der Waals surface area contributed by atoms with Crippen molar-refractivity contribution in [3.63, 3.8) is 0 Å². The number of rotatable bonds is 7. The number of halogens is 1. The molecule has 0 aliphatic rings. The maximum absolute atomic E-state index is 5.96. The van der Waals surface area contributed by atoms with Gasteiger partial charge in [0.2, 0.25) is 0 Å². The maximum atomic E-state index is 5.96. The van der Waals surface area contributed by atoms with E-state index < -0.39 is 0 Å². The summed E-state index contributed by atoms with van der Waals surface area (Å²) in [5.74, 6) is 0. The molecule has 112 valence electrons. The van der Waals surface area contributed by atoms with E-state index in [0.717, 1.165) is 41.9 Å². The van der Waals surface area contributed by atoms with Crippen LogP contribution in [0, 0.1) is 0 Å². The molecule has 0 unspecified atom stereocenters. The quantitative estimate of drug-likeness (QED) is 0.588. The number of benzene rings is 2. The molecule has 3 nitrogen and oxygen atoms in total. The Morgan fingerprint density at radius 3 is 2.62 bits per heavy atom. The molecule has 2 rings (SSSR count). The topological polar surface area (TPSA) is 41.3 Å². The highest BCUT2D eigenvalue weighted by molar-refractivity contribution is 9.10. The molecule has 0 atom stereocenters. The molecule has 0 saturated heterocycles. The van der Waals surface area contributed by atoms with Crippen LogP contribution in [-0.4, -0.2) is 25.0 Å². The minimum absolute atomic E-state index is 0.780. The molecular weight excluding hydrogens is 326 g/mol. The fourth-order valence-corrected chi connectivity index (χ4v) is 2.62. The fraction of sp³-hybridized carbons (Fsp3) is 0.294. The average molecular weight is 348 g/mol. The van der Waals surface area contributed by atoms with Gasteiger partial charge in [0.15, 0.2) is 0 Å². The van der Waals surface area contributed by atoms with E-state index >= 15 is 0 Å². The van der Waals surface area contributed by atoms with E-state index in [1.165, 1.54) is 5.56 Å². The van der Waals surface area contributed by atoms with Crippen molar-refractivity contribution < 1.29 is 0 Å². The summed E-state index contributed by atoms with van der Waals surface area (Å²) < 4.78 is 1.01. The lowest BCUT2D eigenvalue weighted by atomic mass is 10.2. The summed E-state index contributed by atoms with van der Waals surface area (Å²) in [5.41, 5.74) is 9.10. The van der Waals surface area contributed by atoms with Crippen molar-refractivity contribution in [3.8, 4) is 0 Å². The summed E-state index contributed by atoms with van der Waals surface area (Å²) in [7, 11) is 2.15. The first kappa shape index (κ1) is 15.9. The summed E-state index contributed by atoms with van der Waals surface area (Å²) in [6.07, 6.45) is 1.08. The Hall–Kier alpha value is -1.52. The Balaban J connectivity index is 1.69. The molecule has 0 heterocycles. The van der Waals surface area contributed by atoms with Crippen LogP contribution in [0.1, 0.15) is 12.0 Å². The molecule has 2 aromatic rings. The van der Waals surface area contributed by atoms with Crippen molar-refractivity contribution >= 4 is 27.3 Å². The van der Waals surface area contributed by atoms with Crippen LogP contribution < -0.4 is 11.1 Å². The largest absolute Gasteiger partial charge is 0.397 e. The maximum Gasteiger partial charge on any atom is 0.0574 e. The minimum Gasteiger partial charge on any atom is -0.397 e. The van der Waals surface area contributed by atoms with Crippen LogP contribution in [0.2, 0.25) is 0 Å². The number of anilines is 2. The van der Waals surface area contributed by atoms with Gasteiger partial charge in [-0.15, -0.1) is 0 Å². The van der Waals surface area contributed by atoms with Crippen molar-refractivity contribution in [2.75, 3.05) is 31.2 Å². The zero-order chi connectivity index (χ0) is 15.1. The van der Waals surface area contributed by atoms with Gasteiger partial charge >= 0.3 is 0 Å². The third-order valence-corrected chi connectivity index (χ3v) is 3.83. The Labute approximate surface area is 135 Å². The number of nitrogen functional groups attached to an aromatic ring is 1. The Morgan fingerprint density at radius 1 is 1.14 bits per heavy atom. The molecule has 0 aromatic heterocycles. The number of nitrogens with two attached hydrogens (primary N) is 1. The third-order valence-electron chi connectivity index (χ3n) is 3.34. The van der Waals surface area contributed by atoms with Gasteiger partial charge in [-0.25, -0.2) is 0 Å². The fourth-order valence-electron chi connectivity index (χ4n) is 2.24. The molecule has 0 fully saturated rings. The summed E-state index contributed by atoms with van der Waals surface area (Å²) >= 11 is 3.41. The van der Waals surface area contributed by atoms with E-state index in [0.29, 0.717) is 0 Å². The van der Waals surface area contributed by atoms with E-state index in [-0.39, 0.29) is 0 Å². The predicted octanol–water partition coefficient (Wildman–Crippen LogP) is 3.97. The molecule has 21 heavy (non-hydrogen) atoms. The van der Waals surface area contributed by atoms with Crippen molar-refractivity contribution in [1.82, 2.24) is 4.90 Å². The van der Waals surface area contributed by atoms with Gasteiger partial charge in [-0.05, 0) is 43.8 Å². The van der Waals surface area contributed by atoms with Gasteiger partial charge in [-0.2, -0.15) is 0 Å². The van der Waals surface area contributed by atoms with Gasteiger partial charge < -0.3 is 16.0 Å². The Morgan fingerprint density at radius 2 is 1.90 bits per heavy atom. The molecule has 0 radical (unpaired) electrons. The zero-order valence-corrected chi connectivity index (χ0v) is 13.9. The van der Waals surface area contributed by atoms with Crippen molar-refractivity contribution in [2.45, 2.75) is 13.0 Å². The van der Waals surface area contributed by atoms with E-state index in [1.54, 1.807) is 0 Å². The second-order valence-electron chi connectivity index (χ2n) is 5.24. The molecular formula is C17H22BrN3. The number of hydrogen-bond donors (Lipinski definition) is 2. The van der Waals surface area contributed by atoms with Crippen LogP contribution in [0.3, 0.4) is 0 Å². The molecule has 0 aliphatic heterocycles. The van der Waals surface area contributed by atoms with Gasteiger partial charge in [0.05, 0.1) is 11.4 Å². The van der Waals surface area contributed by atoms with Crippen molar-refractivity contribution in [1.29, 1.82) is 0 Å². The number of nitrogens with zero attached hydrogens (tertiary/aromatic N) is 1. The summed E-state index contributed by atoms with van der Waals surface area (Å²) in [6.45, 7) is 2.96. The highest BCUT2D eigenvalue weighted by atomic mass is 79.9. The van der Waals surface area contributed by atoms with E-state index in [2.05, 4.69) is 63.5 Å². The Kier molecular flexibility index (Phi) is 6.08. The van der Waals surface area contributed by atoms with Gasteiger partial charge in [0.25, 0.3) is 0 Å². The van der Waals surface area contributed by atoms with Crippen LogP contribution in [-0.2, 0) is 6.54 Å². The van der Waals surface area contributed by atoms with Gasteiger partial charge in [0.1, 0.15) is 0 Å². The molecule has 0 aliphatic carbocycles. The molecule has 0 saturated carbocycles. The monoisotopic (exact) mass is 347 g/mol. The molecule has 0 spiro atoms. The first-order chi connectivity index (χ1) is 10.1. The number of nitrogens with one attached hydrogen (secondary N) is 1. The first-order valence-corrected chi connectivity index (χ1v) is 7.96. The lowest BCUT2D eigenvalue weighted by Crippen LogP contribution is -2.21. The van der Waals surface area contributed by atoms with E-state index in [9.17, 15) is 0 Å². The predicted molar refractivity (Wildman–Crippen MR) is 94.4 cm³/mol. The van der Waals surface area contributed by atoms with Gasteiger partial charge in [-0.3, -0.25) is 0 Å². The lowest BCUT2D eigenvalue weighted by molar-refractivity contribution is 0.325. The smallest absolute Gasteiger partial charge is 0.0574 e. The van der Waals surface area contributed by atoms with E-state index in [4.69, 9.17) is 5.73 Å². The standard InChI is InChI=1S/C17H22BrN3/c1-21(13-14-6-3-2-4-7-14)11-5-10-20-17-9-8-15(18)12-16(17)19/h2-4,6-9,12,20H,5,10-11,13,19H2,1H3. The second-order valence-corrected chi connectivity index (χ2v) is 6.15. The Bertz CT molecular complexity index is 557. The summed E-state index contributed by atoms with van der Waals surface area (Å²) in [6, 6.07) is 16.5. The lowest BCUT2D eigenvalue weighted by Gasteiger charge is -2.17. The van der Waals surface area contributed by atoms with Gasteiger partial charge in [0, 0.05) is 17.6 Å². The third kappa shape index (κ3) is 5.40. The molecule has 2 aromatic carbocycles. The van der Waals surface area contributed by atoms with Crippen LogP contribution in [0.25, 0.3) is 0 Å². The first-order valence-electron chi connectivity index (χ1n) is 7.16.